The van der Waals surface area contributed by atoms with Crippen molar-refractivity contribution in [2.24, 2.45) is 5.10 Å². The van der Waals surface area contributed by atoms with Crippen molar-refractivity contribution in [3.8, 4) is 0 Å². The zero-order valence-electron chi connectivity index (χ0n) is 10.7. The van der Waals surface area contributed by atoms with E-state index in [1.165, 1.54) is 18.2 Å². The van der Waals surface area contributed by atoms with Crippen molar-refractivity contribution in [2.45, 2.75) is 5.75 Å². The van der Waals surface area contributed by atoms with Crippen molar-refractivity contribution >= 4 is 24.2 Å². The lowest BCUT2D eigenvalue weighted by Gasteiger charge is -2.03. The molecule has 0 bridgehead atoms. The maximum Gasteiger partial charge on any atom is 0.345 e. The van der Waals surface area contributed by atoms with Crippen molar-refractivity contribution in [1.82, 2.24) is 15.1 Å². The van der Waals surface area contributed by atoms with Gasteiger partial charge in [-0.2, -0.15) is 5.10 Å². The number of hydrazone groups is 1. The Hall–Kier alpha value is -2.34. The Bertz CT molecular complexity index is 560. The van der Waals surface area contributed by atoms with Gasteiger partial charge in [0, 0.05) is 11.9 Å². The van der Waals surface area contributed by atoms with Crippen LogP contribution in [-0.2, 0) is 5.75 Å². The highest BCUT2D eigenvalue weighted by molar-refractivity contribution is 7.97. The minimum absolute atomic E-state index is 0.363. The zero-order valence-corrected chi connectivity index (χ0v) is 11.5. The first kappa shape index (κ1) is 14.1. The molecule has 0 saturated heterocycles. The van der Waals surface area contributed by atoms with Crippen molar-refractivity contribution in [3.63, 3.8) is 0 Å². The van der Waals surface area contributed by atoms with Gasteiger partial charge < -0.3 is 0 Å². The van der Waals surface area contributed by atoms with E-state index in [2.05, 4.69) is 20.2 Å². The number of pyridine rings is 1. The largest absolute Gasteiger partial charge is 0.345 e. The molecule has 0 aliphatic heterocycles. The van der Waals surface area contributed by atoms with Crippen LogP contribution in [0, 0.1) is 0 Å². The number of amides is 2. The molecule has 102 valence electrons. The Morgan fingerprint density at radius 2 is 2.00 bits per heavy atom. The quantitative estimate of drug-likeness (QED) is 0.504. The molecule has 0 atom stereocenters. The third-order valence-corrected chi connectivity index (χ3v) is 3.10. The van der Waals surface area contributed by atoms with Crippen LogP contribution in [0.15, 0.2) is 59.8 Å². The molecule has 2 rings (SSSR count). The van der Waals surface area contributed by atoms with Crippen LogP contribution in [0.25, 0.3) is 0 Å². The summed E-state index contributed by atoms with van der Waals surface area (Å²) in [6.45, 7) is 0. The molecule has 0 spiro atoms. The van der Waals surface area contributed by atoms with Crippen LogP contribution >= 0.6 is 11.9 Å². The molecule has 2 amide bonds. The lowest BCUT2D eigenvalue weighted by molar-refractivity contribution is 0.247. The highest BCUT2D eigenvalue weighted by atomic mass is 32.2. The van der Waals surface area contributed by atoms with Gasteiger partial charge in [0.05, 0.1) is 11.9 Å². The third kappa shape index (κ3) is 5.11. The number of rotatable bonds is 5. The normalized spacial score (nSPS) is 10.4. The number of hydrogen-bond donors (Lipinski definition) is 2. The summed E-state index contributed by atoms with van der Waals surface area (Å²) in [5.74, 6) is 0.707. The maximum absolute atomic E-state index is 11.4. The second-order valence-electron chi connectivity index (χ2n) is 3.83. The first-order valence-corrected chi connectivity index (χ1v) is 6.99. The molecule has 1 aromatic heterocycles. The van der Waals surface area contributed by atoms with Gasteiger partial charge in [-0.05, 0) is 29.6 Å². The van der Waals surface area contributed by atoms with Gasteiger partial charge >= 0.3 is 6.03 Å². The Balaban J connectivity index is 1.67. The molecule has 0 radical (unpaired) electrons. The van der Waals surface area contributed by atoms with Crippen LogP contribution < -0.4 is 10.1 Å². The van der Waals surface area contributed by atoms with E-state index in [0.717, 1.165) is 5.56 Å². The molecular formula is C14H14N4OS. The zero-order chi connectivity index (χ0) is 14.0. The average Bonchev–Trinajstić information content (AvgIpc) is 2.49. The Kier molecular flexibility index (Phi) is 5.60. The van der Waals surface area contributed by atoms with Crippen molar-refractivity contribution < 1.29 is 4.79 Å². The molecule has 1 aromatic carbocycles. The van der Waals surface area contributed by atoms with Crippen LogP contribution in [0.5, 0.6) is 0 Å². The second-order valence-corrected chi connectivity index (χ2v) is 4.61. The summed E-state index contributed by atoms with van der Waals surface area (Å²) < 4.78 is 2.65. The van der Waals surface area contributed by atoms with Crippen LogP contribution in [-0.4, -0.2) is 17.2 Å². The number of carbonyl (C=O) groups is 1. The predicted octanol–water partition coefficient (Wildman–Crippen LogP) is 2.56. The van der Waals surface area contributed by atoms with Crippen LogP contribution in [0.1, 0.15) is 11.3 Å². The summed E-state index contributed by atoms with van der Waals surface area (Å²) in [6, 6.07) is 15.0. The molecule has 0 saturated carbocycles. The van der Waals surface area contributed by atoms with E-state index in [9.17, 15) is 4.79 Å². The Morgan fingerprint density at radius 1 is 1.20 bits per heavy atom. The summed E-state index contributed by atoms with van der Waals surface area (Å²) >= 11 is 1.31. The minimum atomic E-state index is -0.363. The number of urea groups is 1. The van der Waals surface area contributed by atoms with Gasteiger partial charge in [0.15, 0.2) is 0 Å². The van der Waals surface area contributed by atoms with E-state index in [1.54, 1.807) is 12.3 Å². The maximum atomic E-state index is 11.4. The highest BCUT2D eigenvalue weighted by Gasteiger charge is 1.98. The van der Waals surface area contributed by atoms with Gasteiger partial charge in [-0.3, -0.25) is 9.71 Å². The van der Waals surface area contributed by atoms with Gasteiger partial charge in [0.2, 0.25) is 0 Å². The van der Waals surface area contributed by atoms with Gasteiger partial charge in [0.1, 0.15) is 0 Å². The SMILES string of the molecule is O=C(N/N=C/c1ccccn1)NSCc1ccccc1. The van der Waals surface area contributed by atoms with Gasteiger partial charge in [0.25, 0.3) is 0 Å². The molecule has 0 aliphatic carbocycles. The molecule has 5 nitrogen and oxygen atoms in total. The highest BCUT2D eigenvalue weighted by Crippen LogP contribution is 2.07. The molecule has 0 fully saturated rings. The lowest BCUT2D eigenvalue weighted by atomic mass is 10.2. The molecule has 6 heteroatoms. The van der Waals surface area contributed by atoms with E-state index >= 15 is 0 Å². The summed E-state index contributed by atoms with van der Waals surface area (Å²) in [5.41, 5.74) is 4.21. The molecule has 2 N–H and O–H groups in total. The first-order valence-electron chi connectivity index (χ1n) is 6.00. The van der Waals surface area contributed by atoms with Gasteiger partial charge in [-0.15, -0.1) is 0 Å². The van der Waals surface area contributed by atoms with Crippen molar-refractivity contribution in [1.29, 1.82) is 0 Å². The van der Waals surface area contributed by atoms with Crippen molar-refractivity contribution in [2.75, 3.05) is 0 Å². The summed E-state index contributed by atoms with van der Waals surface area (Å²) in [4.78, 5) is 15.5. The smallest absolute Gasteiger partial charge is 0.280 e. The molecule has 2 aromatic rings. The van der Waals surface area contributed by atoms with Crippen LogP contribution in [0.2, 0.25) is 0 Å². The third-order valence-electron chi connectivity index (χ3n) is 2.30. The Labute approximate surface area is 121 Å². The van der Waals surface area contributed by atoms with Gasteiger partial charge in [-0.1, -0.05) is 36.4 Å². The van der Waals surface area contributed by atoms with Crippen LogP contribution in [0.3, 0.4) is 0 Å². The van der Waals surface area contributed by atoms with E-state index < -0.39 is 0 Å². The van der Waals surface area contributed by atoms with E-state index in [4.69, 9.17) is 0 Å². The van der Waals surface area contributed by atoms with E-state index in [-0.39, 0.29) is 6.03 Å². The molecular weight excluding hydrogens is 272 g/mol. The standard InChI is InChI=1S/C14H14N4OS/c19-14(17-16-10-13-8-4-5-9-15-13)18-20-11-12-6-2-1-3-7-12/h1-10H,11H2,(H2,17,18,19)/b16-10+. The molecule has 0 unspecified atom stereocenters. The second kappa shape index (κ2) is 7.96. The molecule has 1 heterocycles. The summed E-state index contributed by atoms with van der Waals surface area (Å²) in [6.07, 6.45) is 3.15. The lowest BCUT2D eigenvalue weighted by Crippen LogP contribution is -2.27. The fourth-order valence-electron chi connectivity index (χ4n) is 1.39. The van der Waals surface area contributed by atoms with E-state index in [1.807, 2.05) is 42.5 Å². The molecule has 20 heavy (non-hydrogen) atoms. The average molecular weight is 286 g/mol. The Morgan fingerprint density at radius 3 is 2.75 bits per heavy atom. The summed E-state index contributed by atoms with van der Waals surface area (Å²) in [5, 5.41) is 3.80. The monoisotopic (exact) mass is 286 g/mol. The number of nitrogens with one attached hydrogen (secondary N) is 2. The number of carbonyl (C=O) groups excluding carboxylic acids is 1. The first-order chi connectivity index (χ1) is 9.84. The van der Waals surface area contributed by atoms with E-state index in [0.29, 0.717) is 11.4 Å². The number of nitrogens with zero attached hydrogens (tertiary/aromatic N) is 2. The van der Waals surface area contributed by atoms with Gasteiger partial charge in [-0.25, -0.2) is 10.2 Å². The number of benzene rings is 1. The molecule has 0 aliphatic rings. The minimum Gasteiger partial charge on any atom is -0.280 e. The number of aromatic nitrogens is 1. The van der Waals surface area contributed by atoms with Crippen LogP contribution in [0.4, 0.5) is 4.79 Å². The number of hydrogen-bond acceptors (Lipinski definition) is 4. The fourth-order valence-corrected chi connectivity index (χ4v) is 2.00. The topological polar surface area (TPSA) is 66.4 Å². The van der Waals surface area contributed by atoms with Crippen molar-refractivity contribution in [3.05, 3.63) is 66.0 Å². The fraction of sp³-hybridized carbons (Fsp3) is 0.0714. The summed E-state index contributed by atoms with van der Waals surface area (Å²) in [7, 11) is 0. The predicted molar refractivity (Wildman–Crippen MR) is 81.2 cm³/mol.